The molecule has 1 amide bonds. The third kappa shape index (κ3) is 2.34. The van der Waals surface area contributed by atoms with Crippen LogP contribution in [0.5, 0.6) is 0 Å². The van der Waals surface area contributed by atoms with Crippen LogP contribution < -0.4 is 0 Å². The fraction of sp³-hybridized carbons (Fsp3) is 0.429. The monoisotopic (exact) mass is 276 g/mol. The number of aliphatic hydroxyl groups excluding tert-OH is 1. The second-order valence-corrected chi connectivity index (χ2v) is 5.43. The molecule has 0 aliphatic heterocycles. The lowest BCUT2D eigenvalue weighted by molar-refractivity contribution is 0.0473. The van der Waals surface area contributed by atoms with Gasteiger partial charge in [-0.05, 0) is 26.0 Å². The largest absolute Gasteiger partial charge is 0.394 e. The van der Waals surface area contributed by atoms with E-state index in [4.69, 9.17) is 0 Å². The number of nitrogens with zero attached hydrogens (tertiary/aromatic N) is 4. The number of hydrogen-bond acceptors (Lipinski definition) is 3. The molecule has 0 fully saturated rings. The van der Waals surface area contributed by atoms with E-state index in [1.807, 2.05) is 42.9 Å². The molecule has 0 atom stereocenters. The number of aromatic nitrogens is 3. The van der Waals surface area contributed by atoms with Crippen LogP contribution in [0.2, 0.25) is 0 Å². The topological polar surface area (TPSA) is 63.3 Å². The van der Waals surface area contributed by atoms with E-state index in [0.717, 1.165) is 0 Å². The number of aryl methyl sites for hydroxylation is 1. The van der Waals surface area contributed by atoms with E-state index in [-0.39, 0.29) is 12.5 Å². The smallest absolute Gasteiger partial charge is 0.259 e. The molecule has 0 aromatic carbocycles. The molecule has 1 N–H and O–H groups in total. The lowest BCUT2D eigenvalue weighted by atomic mass is 10.0. The van der Waals surface area contributed by atoms with Crippen LogP contribution in [0.25, 0.3) is 5.82 Å². The number of carbonyl (C=O) groups is 1. The number of likely N-dealkylation sites (N-methyl/N-ethyl adjacent to an activating group) is 1. The summed E-state index contributed by atoms with van der Waals surface area (Å²) in [4.78, 5) is 14.2. The first-order valence-electron chi connectivity index (χ1n) is 6.43. The van der Waals surface area contributed by atoms with Crippen LogP contribution in [0.3, 0.4) is 0 Å². The van der Waals surface area contributed by atoms with E-state index < -0.39 is 5.54 Å². The zero-order valence-electron chi connectivity index (χ0n) is 12.2. The Balaban J connectivity index is 2.42. The number of carbonyl (C=O) groups excluding carboxylic acids is 1. The molecule has 0 saturated heterocycles. The highest BCUT2D eigenvalue weighted by Crippen LogP contribution is 2.20. The number of hydrogen-bond donors (Lipinski definition) is 1. The molecule has 0 aliphatic rings. The predicted molar refractivity (Wildman–Crippen MR) is 75.8 cm³/mol. The molecule has 6 nitrogen and oxygen atoms in total. The molecule has 0 radical (unpaired) electrons. The first-order chi connectivity index (χ1) is 9.38. The summed E-state index contributed by atoms with van der Waals surface area (Å²) in [5.41, 5.74) is -0.117. The van der Waals surface area contributed by atoms with Crippen molar-refractivity contribution in [3.8, 4) is 5.82 Å². The molecular formula is C14H20N4O2. The van der Waals surface area contributed by atoms with Gasteiger partial charge in [0.05, 0.1) is 18.3 Å². The Morgan fingerprint density at radius 2 is 2.00 bits per heavy atom. The lowest BCUT2D eigenvalue weighted by Gasteiger charge is -2.33. The highest BCUT2D eigenvalue weighted by atomic mass is 16.3. The van der Waals surface area contributed by atoms with Gasteiger partial charge in [0.2, 0.25) is 0 Å². The van der Waals surface area contributed by atoms with E-state index in [2.05, 4.69) is 5.10 Å². The highest BCUT2D eigenvalue weighted by molar-refractivity contribution is 5.97. The fourth-order valence-electron chi connectivity index (χ4n) is 1.93. The van der Waals surface area contributed by atoms with Gasteiger partial charge < -0.3 is 14.6 Å². The first kappa shape index (κ1) is 14.3. The highest BCUT2D eigenvalue weighted by Gasteiger charge is 2.30. The van der Waals surface area contributed by atoms with Crippen LogP contribution in [0.1, 0.15) is 24.2 Å². The standard InChI is InChI=1S/C14H20N4O2/c1-14(2,10-19)16(3)13(20)11-9-15-17(4)12(11)18-7-5-6-8-18/h5-9,19H,10H2,1-4H3. The van der Waals surface area contributed by atoms with E-state index in [9.17, 15) is 9.90 Å². The van der Waals surface area contributed by atoms with Crippen molar-refractivity contribution in [2.24, 2.45) is 7.05 Å². The van der Waals surface area contributed by atoms with Crippen molar-refractivity contribution in [1.82, 2.24) is 19.2 Å². The number of aliphatic hydroxyl groups is 1. The maximum Gasteiger partial charge on any atom is 0.259 e. The Morgan fingerprint density at radius 3 is 2.55 bits per heavy atom. The first-order valence-corrected chi connectivity index (χ1v) is 6.43. The van der Waals surface area contributed by atoms with Gasteiger partial charge in [-0.2, -0.15) is 5.10 Å². The maximum atomic E-state index is 12.6. The number of rotatable bonds is 4. The van der Waals surface area contributed by atoms with Gasteiger partial charge in [-0.25, -0.2) is 0 Å². The zero-order chi connectivity index (χ0) is 14.9. The summed E-state index contributed by atoms with van der Waals surface area (Å²) in [6.07, 6.45) is 5.29. The van der Waals surface area contributed by atoms with Crippen molar-refractivity contribution < 1.29 is 9.90 Å². The van der Waals surface area contributed by atoms with Crippen molar-refractivity contribution in [3.63, 3.8) is 0 Å². The Bertz CT molecular complexity index is 599. The Kier molecular flexibility index (Phi) is 3.67. The quantitative estimate of drug-likeness (QED) is 0.908. The van der Waals surface area contributed by atoms with Crippen LogP contribution in [0.15, 0.2) is 30.7 Å². The van der Waals surface area contributed by atoms with Crippen molar-refractivity contribution in [3.05, 3.63) is 36.3 Å². The molecule has 2 heterocycles. The summed E-state index contributed by atoms with van der Waals surface area (Å²) in [6.45, 7) is 3.53. The van der Waals surface area contributed by atoms with Gasteiger partial charge in [0, 0.05) is 26.5 Å². The van der Waals surface area contributed by atoms with Crippen LogP contribution in [-0.2, 0) is 7.05 Å². The van der Waals surface area contributed by atoms with E-state index >= 15 is 0 Å². The minimum absolute atomic E-state index is 0.103. The molecule has 2 rings (SSSR count). The molecule has 2 aromatic rings. The summed E-state index contributed by atoms with van der Waals surface area (Å²) >= 11 is 0. The average molecular weight is 276 g/mol. The molecule has 0 saturated carbocycles. The minimum atomic E-state index is -0.624. The third-order valence-electron chi connectivity index (χ3n) is 3.59. The van der Waals surface area contributed by atoms with Crippen LogP contribution >= 0.6 is 0 Å². The third-order valence-corrected chi connectivity index (χ3v) is 3.59. The lowest BCUT2D eigenvalue weighted by Crippen LogP contribution is -2.47. The summed E-state index contributed by atoms with van der Waals surface area (Å²) < 4.78 is 3.51. The van der Waals surface area contributed by atoms with Gasteiger partial charge in [0.25, 0.3) is 5.91 Å². The normalized spacial score (nSPS) is 11.7. The Hall–Kier alpha value is -2.08. The summed E-state index contributed by atoms with van der Waals surface area (Å²) in [7, 11) is 3.48. The van der Waals surface area contributed by atoms with E-state index in [0.29, 0.717) is 11.4 Å². The van der Waals surface area contributed by atoms with E-state index in [1.54, 1.807) is 25.0 Å². The zero-order valence-corrected chi connectivity index (χ0v) is 12.2. The minimum Gasteiger partial charge on any atom is -0.394 e. The van der Waals surface area contributed by atoms with E-state index in [1.165, 1.54) is 4.90 Å². The van der Waals surface area contributed by atoms with Gasteiger partial charge in [-0.1, -0.05) is 0 Å². The predicted octanol–water partition coefficient (Wildman–Crippen LogP) is 1.05. The Morgan fingerprint density at radius 1 is 1.40 bits per heavy atom. The van der Waals surface area contributed by atoms with Crippen molar-refractivity contribution in [2.75, 3.05) is 13.7 Å². The SMILES string of the molecule is CN(C(=O)c1cnn(C)c1-n1cccc1)C(C)(C)CO. The molecule has 6 heteroatoms. The van der Waals surface area contributed by atoms with Crippen LogP contribution in [0, 0.1) is 0 Å². The molecule has 0 unspecified atom stereocenters. The summed E-state index contributed by atoms with van der Waals surface area (Å²) in [5.74, 6) is 0.543. The number of amides is 1. The Labute approximate surface area is 118 Å². The van der Waals surface area contributed by atoms with Crippen LogP contribution in [-0.4, -0.2) is 49.5 Å². The van der Waals surface area contributed by atoms with Crippen molar-refractivity contribution in [1.29, 1.82) is 0 Å². The van der Waals surface area contributed by atoms with Crippen LogP contribution in [0.4, 0.5) is 0 Å². The molecule has 108 valence electrons. The molecule has 2 aromatic heterocycles. The van der Waals surface area contributed by atoms with Gasteiger partial charge in [-0.15, -0.1) is 0 Å². The maximum absolute atomic E-state index is 12.6. The van der Waals surface area contributed by atoms with Crippen molar-refractivity contribution >= 4 is 5.91 Å². The van der Waals surface area contributed by atoms with Gasteiger partial charge >= 0.3 is 0 Å². The molecule has 20 heavy (non-hydrogen) atoms. The molecule has 0 aliphatic carbocycles. The summed E-state index contributed by atoms with van der Waals surface area (Å²) in [5, 5.41) is 13.6. The second-order valence-electron chi connectivity index (χ2n) is 5.43. The fourth-order valence-corrected chi connectivity index (χ4v) is 1.93. The van der Waals surface area contributed by atoms with Gasteiger partial charge in [-0.3, -0.25) is 9.48 Å². The summed E-state index contributed by atoms with van der Waals surface area (Å²) in [6, 6.07) is 3.78. The molecule has 0 bridgehead atoms. The molecule has 0 spiro atoms. The van der Waals surface area contributed by atoms with Gasteiger partial charge in [0.1, 0.15) is 11.4 Å². The second kappa shape index (κ2) is 5.13. The van der Waals surface area contributed by atoms with Gasteiger partial charge in [0.15, 0.2) is 0 Å². The van der Waals surface area contributed by atoms with Crippen molar-refractivity contribution in [2.45, 2.75) is 19.4 Å². The average Bonchev–Trinajstić information content (AvgIpc) is 3.05. The molecular weight excluding hydrogens is 256 g/mol.